The lowest BCUT2D eigenvalue weighted by molar-refractivity contribution is -0.125. The summed E-state index contributed by atoms with van der Waals surface area (Å²) >= 11 is 6.16. The molecule has 1 unspecified atom stereocenters. The Labute approximate surface area is 158 Å². The number of ether oxygens (including phenoxy) is 1. The molecule has 0 aliphatic carbocycles. The van der Waals surface area contributed by atoms with Gasteiger partial charge in [-0.15, -0.1) is 0 Å². The molecule has 1 atom stereocenters. The molecule has 1 saturated heterocycles. The fraction of sp³-hybridized carbons (Fsp3) is 0.556. The smallest absolute Gasteiger partial charge is 0.267 e. The first kappa shape index (κ1) is 18.9. The van der Waals surface area contributed by atoms with Gasteiger partial charge >= 0.3 is 0 Å². The first-order chi connectivity index (χ1) is 12.4. The van der Waals surface area contributed by atoms with Crippen LogP contribution >= 0.6 is 11.6 Å². The second-order valence-electron chi connectivity index (χ2n) is 6.86. The van der Waals surface area contributed by atoms with E-state index in [-0.39, 0.29) is 11.8 Å². The van der Waals surface area contributed by atoms with Crippen LogP contribution < -0.4 is 15.0 Å². The standard InChI is InChI=1S/C18H25ClN4O3/c1-12-18(25)22(3)15-11-13(19)10-14(16(15)26-12)17(24)20-4-5-23-8-6-21(2)7-9-23/h10-12H,4-9H2,1-3H3,(H,20,24). The number of rotatable bonds is 4. The zero-order chi connectivity index (χ0) is 18.8. The topological polar surface area (TPSA) is 65.1 Å². The number of hydrogen-bond donors (Lipinski definition) is 1. The van der Waals surface area contributed by atoms with E-state index in [4.69, 9.17) is 16.3 Å². The molecule has 7 nitrogen and oxygen atoms in total. The molecule has 0 bridgehead atoms. The molecule has 2 aliphatic rings. The van der Waals surface area contributed by atoms with E-state index < -0.39 is 6.10 Å². The van der Waals surface area contributed by atoms with Crippen LogP contribution in [0.5, 0.6) is 5.75 Å². The van der Waals surface area contributed by atoms with Gasteiger partial charge in [0, 0.05) is 51.3 Å². The van der Waals surface area contributed by atoms with Gasteiger partial charge in [0.15, 0.2) is 11.9 Å². The molecule has 1 aromatic carbocycles. The average Bonchev–Trinajstić information content (AvgIpc) is 2.61. The van der Waals surface area contributed by atoms with E-state index in [0.717, 1.165) is 32.7 Å². The molecule has 0 saturated carbocycles. The second kappa shape index (κ2) is 7.82. The summed E-state index contributed by atoms with van der Waals surface area (Å²) < 4.78 is 5.70. The highest BCUT2D eigenvalue weighted by Gasteiger charge is 2.32. The Bertz CT molecular complexity index is 704. The first-order valence-electron chi connectivity index (χ1n) is 8.83. The van der Waals surface area contributed by atoms with Crippen LogP contribution in [0.25, 0.3) is 0 Å². The van der Waals surface area contributed by atoms with Gasteiger partial charge < -0.3 is 19.9 Å². The van der Waals surface area contributed by atoms with Crippen molar-refractivity contribution in [3.8, 4) is 5.75 Å². The summed E-state index contributed by atoms with van der Waals surface area (Å²) in [5.74, 6) is -0.00452. The maximum absolute atomic E-state index is 12.7. The highest BCUT2D eigenvalue weighted by Crippen LogP contribution is 2.38. The Morgan fingerprint density at radius 3 is 2.65 bits per heavy atom. The van der Waals surface area contributed by atoms with Crippen molar-refractivity contribution in [3.05, 3.63) is 22.7 Å². The Kier molecular flexibility index (Phi) is 5.70. The van der Waals surface area contributed by atoms with Crippen molar-refractivity contribution in [1.82, 2.24) is 15.1 Å². The van der Waals surface area contributed by atoms with Gasteiger partial charge in [0.2, 0.25) is 0 Å². The molecule has 0 aromatic heterocycles. The number of fused-ring (bicyclic) bond motifs is 1. The van der Waals surface area contributed by atoms with Crippen molar-refractivity contribution < 1.29 is 14.3 Å². The second-order valence-corrected chi connectivity index (χ2v) is 7.30. The van der Waals surface area contributed by atoms with Gasteiger partial charge in [-0.1, -0.05) is 11.6 Å². The number of amides is 2. The van der Waals surface area contributed by atoms with Crippen LogP contribution in [-0.4, -0.2) is 81.1 Å². The quantitative estimate of drug-likeness (QED) is 0.846. The Balaban J connectivity index is 1.68. The number of nitrogens with one attached hydrogen (secondary N) is 1. The average molecular weight is 381 g/mol. The minimum atomic E-state index is -0.634. The van der Waals surface area contributed by atoms with E-state index in [1.807, 2.05) is 0 Å². The zero-order valence-corrected chi connectivity index (χ0v) is 16.2. The fourth-order valence-corrected chi connectivity index (χ4v) is 3.45. The molecule has 26 heavy (non-hydrogen) atoms. The van der Waals surface area contributed by atoms with E-state index in [0.29, 0.717) is 28.6 Å². The van der Waals surface area contributed by atoms with E-state index >= 15 is 0 Å². The summed E-state index contributed by atoms with van der Waals surface area (Å²) in [7, 11) is 3.77. The summed E-state index contributed by atoms with van der Waals surface area (Å²) in [6, 6.07) is 3.23. The van der Waals surface area contributed by atoms with Crippen molar-refractivity contribution in [2.75, 3.05) is 58.3 Å². The minimum Gasteiger partial charge on any atom is -0.478 e. The summed E-state index contributed by atoms with van der Waals surface area (Å²) in [6.07, 6.45) is -0.634. The Morgan fingerprint density at radius 1 is 1.27 bits per heavy atom. The van der Waals surface area contributed by atoms with Gasteiger partial charge in [-0.3, -0.25) is 14.5 Å². The number of benzene rings is 1. The Hall–Kier alpha value is -1.83. The molecule has 142 valence electrons. The highest BCUT2D eigenvalue weighted by atomic mass is 35.5. The number of halogens is 1. The minimum absolute atomic E-state index is 0.166. The number of likely N-dealkylation sites (N-methyl/N-ethyl adjacent to an activating group) is 2. The van der Waals surface area contributed by atoms with Gasteiger partial charge in [0.25, 0.3) is 11.8 Å². The van der Waals surface area contributed by atoms with E-state index in [9.17, 15) is 9.59 Å². The van der Waals surface area contributed by atoms with E-state index in [2.05, 4.69) is 22.2 Å². The predicted molar refractivity (Wildman–Crippen MR) is 101 cm³/mol. The van der Waals surface area contributed by atoms with E-state index in [1.54, 1.807) is 26.1 Å². The molecule has 1 fully saturated rings. The molecular weight excluding hydrogens is 356 g/mol. The van der Waals surface area contributed by atoms with Crippen LogP contribution in [0, 0.1) is 0 Å². The van der Waals surface area contributed by atoms with Crippen LogP contribution in [0.15, 0.2) is 12.1 Å². The van der Waals surface area contributed by atoms with Crippen molar-refractivity contribution >= 4 is 29.1 Å². The van der Waals surface area contributed by atoms with Crippen molar-refractivity contribution in [3.63, 3.8) is 0 Å². The third-order valence-corrected chi connectivity index (χ3v) is 5.14. The van der Waals surface area contributed by atoms with Crippen molar-refractivity contribution in [1.29, 1.82) is 0 Å². The van der Waals surface area contributed by atoms with E-state index in [1.165, 1.54) is 4.90 Å². The molecular formula is C18H25ClN4O3. The molecule has 0 spiro atoms. The molecule has 0 radical (unpaired) electrons. The first-order valence-corrected chi connectivity index (χ1v) is 9.21. The lowest BCUT2D eigenvalue weighted by Gasteiger charge is -2.32. The van der Waals surface area contributed by atoms with Crippen molar-refractivity contribution in [2.24, 2.45) is 0 Å². The maximum atomic E-state index is 12.7. The Morgan fingerprint density at radius 2 is 1.96 bits per heavy atom. The van der Waals surface area contributed by atoms with Gasteiger partial charge in [0.1, 0.15) is 0 Å². The van der Waals surface area contributed by atoms with Crippen LogP contribution in [0.3, 0.4) is 0 Å². The number of anilines is 1. The summed E-state index contributed by atoms with van der Waals surface area (Å²) in [4.78, 5) is 30.9. The SMILES string of the molecule is CC1Oc2c(C(=O)NCCN3CCN(C)CC3)cc(Cl)cc2N(C)C1=O. The molecule has 2 heterocycles. The largest absolute Gasteiger partial charge is 0.478 e. The van der Waals surface area contributed by atoms with Gasteiger partial charge in [-0.05, 0) is 26.1 Å². The normalized spacial score (nSPS) is 21.3. The molecule has 2 aliphatic heterocycles. The molecule has 3 rings (SSSR count). The van der Waals surface area contributed by atoms with Crippen LogP contribution in [0.1, 0.15) is 17.3 Å². The molecule has 1 aromatic rings. The predicted octanol–water partition coefficient (Wildman–Crippen LogP) is 1.06. The number of nitrogens with zero attached hydrogens (tertiary/aromatic N) is 3. The summed E-state index contributed by atoms with van der Waals surface area (Å²) in [5.41, 5.74) is 0.877. The number of piperazine rings is 1. The summed E-state index contributed by atoms with van der Waals surface area (Å²) in [6.45, 7) is 7.13. The number of carbonyl (C=O) groups is 2. The van der Waals surface area contributed by atoms with Crippen molar-refractivity contribution in [2.45, 2.75) is 13.0 Å². The highest BCUT2D eigenvalue weighted by molar-refractivity contribution is 6.31. The zero-order valence-electron chi connectivity index (χ0n) is 15.4. The summed E-state index contributed by atoms with van der Waals surface area (Å²) in [5, 5.41) is 3.33. The third kappa shape index (κ3) is 3.95. The lowest BCUT2D eigenvalue weighted by atomic mass is 10.1. The van der Waals surface area contributed by atoms with Gasteiger partial charge in [-0.25, -0.2) is 0 Å². The van der Waals surface area contributed by atoms with Crippen LogP contribution in [-0.2, 0) is 4.79 Å². The molecule has 8 heteroatoms. The molecule has 2 amide bonds. The lowest BCUT2D eigenvalue weighted by Crippen LogP contribution is -2.47. The van der Waals surface area contributed by atoms with Crippen LogP contribution in [0.4, 0.5) is 5.69 Å². The van der Waals surface area contributed by atoms with Gasteiger partial charge in [-0.2, -0.15) is 0 Å². The fourth-order valence-electron chi connectivity index (χ4n) is 3.23. The third-order valence-electron chi connectivity index (χ3n) is 4.92. The van der Waals surface area contributed by atoms with Crippen LogP contribution in [0.2, 0.25) is 5.02 Å². The number of carbonyl (C=O) groups excluding carboxylic acids is 2. The monoisotopic (exact) mass is 380 g/mol. The number of hydrogen-bond acceptors (Lipinski definition) is 5. The molecule has 1 N–H and O–H groups in total. The van der Waals surface area contributed by atoms with Gasteiger partial charge in [0.05, 0.1) is 11.3 Å². The maximum Gasteiger partial charge on any atom is 0.267 e.